The van der Waals surface area contributed by atoms with E-state index in [1.807, 2.05) is 30.3 Å². The van der Waals surface area contributed by atoms with Crippen LogP contribution in [-0.4, -0.2) is 16.8 Å². The van der Waals surface area contributed by atoms with Crippen LogP contribution in [0.1, 0.15) is 31.2 Å². The molecule has 1 aliphatic heterocycles. The fourth-order valence-electron chi connectivity index (χ4n) is 3.31. The number of ether oxygens (including phenoxy) is 1. The molecule has 132 valence electrons. The second-order valence-electron chi connectivity index (χ2n) is 6.34. The molecule has 0 saturated heterocycles. The minimum atomic E-state index is -0.242. The molecule has 1 aliphatic carbocycles. The van der Waals surface area contributed by atoms with Crippen LogP contribution in [-0.2, 0) is 16.2 Å². The molecular formula is C20H17BrN2O3. The molecule has 0 bridgehead atoms. The molecule has 0 fully saturated rings. The van der Waals surface area contributed by atoms with Gasteiger partial charge in [-0.2, -0.15) is 4.98 Å². The zero-order chi connectivity index (χ0) is 18.1. The summed E-state index contributed by atoms with van der Waals surface area (Å²) >= 11 is 3.42. The highest BCUT2D eigenvalue weighted by Crippen LogP contribution is 2.36. The molecule has 0 atom stereocenters. The molecule has 0 unspecified atom stereocenters. The Hall–Kier alpha value is -2.47. The molecule has 26 heavy (non-hydrogen) atoms. The smallest absolute Gasteiger partial charge is 0.262 e. The average Bonchev–Trinajstić information content (AvgIpc) is 2.93. The summed E-state index contributed by atoms with van der Waals surface area (Å²) in [6.45, 7) is 0.354. The van der Waals surface area contributed by atoms with Gasteiger partial charge in [-0.15, -0.1) is 0 Å². The molecule has 0 spiro atoms. The molecule has 6 heteroatoms. The van der Waals surface area contributed by atoms with E-state index in [0.29, 0.717) is 46.8 Å². The molecule has 0 radical (unpaired) electrons. The molecule has 2 aromatic rings. The van der Waals surface area contributed by atoms with Crippen LogP contribution in [0.2, 0.25) is 0 Å². The normalized spacial score (nSPS) is 16.9. The fourth-order valence-corrected chi connectivity index (χ4v) is 3.65. The third-order valence-corrected chi connectivity index (χ3v) is 5.24. The van der Waals surface area contributed by atoms with E-state index in [4.69, 9.17) is 4.74 Å². The van der Waals surface area contributed by atoms with Crippen LogP contribution in [0.4, 0.5) is 5.82 Å². The number of hydrogen-bond donors (Lipinski definition) is 0. The van der Waals surface area contributed by atoms with Crippen molar-refractivity contribution in [3.05, 3.63) is 63.6 Å². The Kier molecular flexibility index (Phi) is 4.59. The van der Waals surface area contributed by atoms with E-state index in [2.05, 4.69) is 20.9 Å². The van der Waals surface area contributed by atoms with Crippen LogP contribution in [0.25, 0.3) is 0 Å². The number of hydrogen-bond acceptors (Lipinski definition) is 4. The largest absolute Gasteiger partial charge is 0.472 e. The first-order valence-corrected chi connectivity index (χ1v) is 9.38. The van der Waals surface area contributed by atoms with Crippen LogP contribution in [0.5, 0.6) is 5.88 Å². The molecular weight excluding hydrogens is 396 g/mol. The number of pyridine rings is 1. The number of carbonyl (C=O) groups is 2. The Labute approximate surface area is 159 Å². The van der Waals surface area contributed by atoms with E-state index >= 15 is 0 Å². The average molecular weight is 413 g/mol. The topological polar surface area (TPSA) is 59.5 Å². The SMILES string of the molecule is O=C1C2=C(CCCC2)C(=O)N1c1ccc(Br)c(OCc2ccccc2)n1. The predicted octanol–water partition coefficient (Wildman–Crippen LogP) is 4.17. The second kappa shape index (κ2) is 7.03. The quantitative estimate of drug-likeness (QED) is 0.707. The molecule has 2 amide bonds. The van der Waals surface area contributed by atoms with E-state index in [1.165, 1.54) is 4.90 Å². The summed E-state index contributed by atoms with van der Waals surface area (Å²) in [4.78, 5) is 31.0. The Morgan fingerprint density at radius 3 is 2.27 bits per heavy atom. The van der Waals surface area contributed by atoms with Gasteiger partial charge in [-0.25, -0.2) is 4.90 Å². The van der Waals surface area contributed by atoms with Crippen molar-refractivity contribution in [2.75, 3.05) is 4.90 Å². The Balaban J connectivity index is 1.58. The number of rotatable bonds is 4. The van der Waals surface area contributed by atoms with Crippen LogP contribution >= 0.6 is 15.9 Å². The van der Waals surface area contributed by atoms with Gasteiger partial charge in [0.2, 0.25) is 5.88 Å². The third-order valence-electron chi connectivity index (χ3n) is 4.64. The zero-order valence-corrected chi connectivity index (χ0v) is 15.7. The van der Waals surface area contributed by atoms with Crippen LogP contribution in [0, 0.1) is 0 Å². The van der Waals surface area contributed by atoms with Crippen molar-refractivity contribution in [2.45, 2.75) is 32.3 Å². The lowest BCUT2D eigenvalue weighted by Gasteiger charge is -2.16. The lowest BCUT2D eigenvalue weighted by Crippen LogP contribution is -2.32. The Morgan fingerprint density at radius 1 is 0.962 bits per heavy atom. The highest BCUT2D eigenvalue weighted by Gasteiger charge is 2.40. The highest BCUT2D eigenvalue weighted by molar-refractivity contribution is 9.10. The number of carbonyl (C=O) groups excluding carboxylic acids is 2. The predicted molar refractivity (Wildman–Crippen MR) is 101 cm³/mol. The standard InChI is InChI=1S/C20H17BrN2O3/c21-16-10-11-17(22-18(16)26-12-13-6-2-1-3-7-13)23-19(24)14-8-4-5-9-15(14)20(23)25/h1-3,6-7,10-11H,4-5,8-9,12H2. The molecule has 4 rings (SSSR count). The van der Waals surface area contributed by atoms with E-state index in [0.717, 1.165) is 18.4 Å². The van der Waals surface area contributed by atoms with Gasteiger partial charge in [-0.3, -0.25) is 9.59 Å². The maximum absolute atomic E-state index is 12.7. The number of imide groups is 1. The van der Waals surface area contributed by atoms with Gasteiger partial charge in [0.05, 0.1) is 4.47 Å². The molecule has 0 N–H and O–H groups in total. The maximum atomic E-state index is 12.7. The van der Waals surface area contributed by atoms with Crippen molar-refractivity contribution in [1.82, 2.24) is 4.98 Å². The summed E-state index contributed by atoms with van der Waals surface area (Å²) in [7, 11) is 0. The van der Waals surface area contributed by atoms with E-state index in [9.17, 15) is 9.59 Å². The summed E-state index contributed by atoms with van der Waals surface area (Å²) < 4.78 is 6.47. The van der Waals surface area contributed by atoms with Gasteiger partial charge in [-0.1, -0.05) is 30.3 Å². The summed E-state index contributed by atoms with van der Waals surface area (Å²) in [5.41, 5.74) is 2.31. The first kappa shape index (κ1) is 17.0. The van der Waals surface area contributed by atoms with Crippen LogP contribution < -0.4 is 9.64 Å². The summed E-state index contributed by atoms with van der Waals surface area (Å²) in [6.07, 6.45) is 3.24. The highest BCUT2D eigenvalue weighted by atomic mass is 79.9. The van der Waals surface area contributed by atoms with Crippen molar-refractivity contribution in [1.29, 1.82) is 0 Å². The summed E-state index contributed by atoms with van der Waals surface area (Å²) in [5.74, 6) is 0.180. The number of anilines is 1. The first-order chi connectivity index (χ1) is 12.6. The monoisotopic (exact) mass is 412 g/mol. The third kappa shape index (κ3) is 3.05. The van der Waals surface area contributed by atoms with E-state index in [-0.39, 0.29) is 11.8 Å². The van der Waals surface area contributed by atoms with Crippen molar-refractivity contribution < 1.29 is 14.3 Å². The van der Waals surface area contributed by atoms with Gasteiger partial charge in [0, 0.05) is 11.1 Å². The van der Waals surface area contributed by atoms with Gasteiger partial charge in [0.15, 0.2) is 0 Å². The number of nitrogens with zero attached hydrogens (tertiary/aromatic N) is 2. The molecule has 2 heterocycles. The lowest BCUT2D eigenvalue weighted by molar-refractivity contribution is -0.120. The lowest BCUT2D eigenvalue weighted by atomic mass is 9.93. The number of aromatic nitrogens is 1. The fraction of sp³-hybridized carbons (Fsp3) is 0.250. The first-order valence-electron chi connectivity index (χ1n) is 8.59. The van der Waals surface area contributed by atoms with Crippen LogP contribution in [0.3, 0.4) is 0 Å². The number of amides is 2. The molecule has 2 aliphatic rings. The molecule has 0 saturated carbocycles. The zero-order valence-electron chi connectivity index (χ0n) is 14.1. The van der Waals surface area contributed by atoms with Gasteiger partial charge in [0.25, 0.3) is 11.8 Å². The summed E-state index contributed by atoms with van der Waals surface area (Å²) in [5, 5.41) is 0. The van der Waals surface area contributed by atoms with Crippen molar-refractivity contribution in [2.24, 2.45) is 0 Å². The minimum absolute atomic E-state index is 0.242. The van der Waals surface area contributed by atoms with Gasteiger partial charge >= 0.3 is 0 Å². The second-order valence-corrected chi connectivity index (χ2v) is 7.19. The van der Waals surface area contributed by atoms with Gasteiger partial charge < -0.3 is 4.74 Å². The Bertz CT molecular complexity index is 881. The van der Waals surface area contributed by atoms with Crippen molar-refractivity contribution >= 4 is 33.6 Å². The molecule has 1 aromatic heterocycles. The van der Waals surface area contributed by atoms with Crippen molar-refractivity contribution in [3.63, 3.8) is 0 Å². The van der Waals surface area contributed by atoms with E-state index in [1.54, 1.807) is 12.1 Å². The van der Waals surface area contributed by atoms with Crippen molar-refractivity contribution in [3.8, 4) is 5.88 Å². The summed E-state index contributed by atoms with van der Waals surface area (Å²) in [6, 6.07) is 13.2. The van der Waals surface area contributed by atoms with Gasteiger partial charge in [0.1, 0.15) is 12.4 Å². The van der Waals surface area contributed by atoms with Gasteiger partial charge in [-0.05, 0) is 59.3 Å². The molecule has 5 nitrogen and oxygen atoms in total. The number of halogens is 1. The minimum Gasteiger partial charge on any atom is -0.472 e. The van der Waals surface area contributed by atoms with Crippen LogP contribution in [0.15, 0.2) is 58.1 Å². The maximum Gasteiger partial charge on any atom is 0.262 e. The Morgan fingerprint density at radius 2 is 1.62 bits per heavy atom. The number of benzene rings is 1. The van der Waals surface area contributed by atoms with E-state index < -0.39 is 0 Å². The molecule has 1 aromatic carbocycles.